The quantitative estimate of drug-likeness (QED) is 0.722. The molecule has 0 unspecified atom stereocenters. The maximum atomic E-state index is 5.61. The van der Waals surface area contributed by atoms with Gasteiger partial charge in [0.25, 0.3) is 0 Å². The molecule has 0 bridgehead atoms. The van der Waals surface area contributed by atoms with Crippen LogP contribution in [0.4, 0.5) is 5.82 Å². The average molecular weight is 222 g/mol. The van der Waals surface area contributed by atoms with Crippen LogP contribution in [-0.4, -0.2) is 4.98 Å². The Labute approximate surface area is 100 Å². The molecule has 16 heavy (non-hydrogen) atoms. The van der Waals surface area contributed by atoms with Gasteiger partial charge in [-0.15, -0.1) is 0 Å². The zero-order chi connectivity index (χ0) is 12.8. The van der Waals surface area contributed by atoms with Gasteiger partial charge < -0.3 is 5.73 Å². The third-order valence-electron chi connectivity index (χ3n) is 2.71. The van der Waals surface area contributed by atoms with Gasteiger partial charge in [0.15, 0.2) is 0 Å². The second-order valence-corrected chi connectivity index (χ2v) is 4.11. The Morgan fingerprint density at radius 2 is 1.69 bits per heavy atom. The summed E-state index contributed by atoms with van der Waals surface area (Å²) in [6, 6.07) is 4.01. The van der Waals surface area contributed by atoms with Gasteiger partial charge in [0.2, 0.25) is 0 Å². The molecular formula is C14H26N2. The number of hydrogen-bond acceptors (Lipinski definition) is 2. The molecule has 1 aromatic rings. The minimum absolute atomic E-state index is 0.302. The van der Waals surface area contributed by atoms with Gasteiger partial charge in [-0.2, -0.15) is 0 Å². The predicted octanol–water partition coefficient (Wildman–Crippen LogP) is 3.94. The lowest BCUT2D eigenvalue weighted by Gasteiger charge is -2.17. The number of aromatic nitrogens is 1. The molecule has 0 spiro atoms. The van der Waals surface area contributed by atoms with E-state index in [1.165, 1.54) is 17.7 Å². The Morgan fingerprint density at radius 3 is 2.25 bits per heavy atom. The smallest absolute Gasteiger partial charge is 0.123 e. The van der Waals surface area contributed by atoms with Crippen LogP contribution in [0.15, 0.2) is 12.1 Å². The van der Waals surface area contributed by atoms with Gasteiger partial charge in [0, 0.05) is 5.69 Å². The number of nitrogen functional groups attached to an aromatic ring is 1. The summed E-state index contributed by atoms with van der Waals surface area (Å²) in [5, 5.41) is 0. The number of nitrogens with two attached hydrogens (primary N) is 1. The van der Waals surface area contributed by atoms with E-state index in [1.54, 1.807) is 0 Å². The first kappa shape index (κ1) is 14.9. The first-order valence-electron chi connectivity index (χ1n) is 6.35. The van der Waals surface area contributed by atoms with E-state index in [-0.39, 0.29) is 0 Å². The standard InChI is InChI=1S/C10H14N2.2C2H6/c1-10(2)6-5-8-7(10)3-4-9(11)12-8;2*1-2/h3-4H,5-6H2,1-2H3,(H2,11,12);2*1-2H3. The van der Waals surface area contributed by atoms with Crippen molar-refractivity contribution in [1.82, 2.24) is 4.98 Å². The van der Waals surface area contributed by atoms with E-state index in [4.69, 9.17) is 5.73 Å². The maximum absolute atomic E-state index is 5.61. The molecule has 2 rings (SSSR count). The van der Waals surface area contributed by atoms with Crippen molar-refractivity contribution >= 4 is 5.82 Å². The second-order valence-electron chi connectivity index (χ2n) is 4.11. The van der Waals surface area contributed by atoms with Crippen molar-refractivity contribution in [3.8, 4) is 0 Å². The van der Waals surface area contributed by atoms with Crippen LogP contribution in [0.3, 0.4) is 0 Å². The number of aryl methyl sites for hydroxylation is 1. The topological polar surface area (TPSA) is 38.9 Å². The van der Waals surface area contributed by atoms with Gasteiger partial charge in [0.1, 0.15) is 5.82 Å². The van der Waals surface area contributed by atoms with Gasteiger partial charge in [-0.25, -0.2) is 4.98 Å². The van der Waals surface area contributed by atoms with Crippen LogP contribution in [0, 0.1) is 0 Å². The van der Waals surface area contributed by atoms with Crippen molar-refractivity contribution < 1.29 is 0 Å². The van der Waals surface area contributed by atoms with Gasteiger partial charge >= 0.3 is 0 Å². The molecule has 0 aromatic carbocycles. The van der Waals surface area contributed by atoms with Gasteiger partial charge in [-0.05, 0) is 29.9 Å². The molecule has 1 aromatic heterocycles. The van der Waals surface area contributed by atoms with Crippen molar-refractivity contribution in [2.45, 2.75) is 59.8 Å². The largest absolute Gasteiger partial charge is 0.384 e. The summed E-state index contributed by atoms with van der Waals surface area (Å²) < 4.78 is 0. The highest BCUT2D eigenvalue weighted by molar-refractivity contribution is 5.40. The zero-order valence-corrected chi connectivity index (χ0v) is 11.6. The number of hydrogen-bond donors (Lipinski definition) is 1. The molecule has 2 nitrogen and oxygen atoms in total. The van der Waals surface area contributed by atoms with E-state index in [2.05, 4.69) is 24.9 Å². The molecule has 92 valence electrons. The van der Waals surface area contributed by atoms with Crippen LogP contribution in [-0.2, 0) is 11.8 Å². The lowest BCUT2D eigenvalue weighted by Crippen LogP contribution is -2.11. The molecule has 0 fully saturated rings. The van der Waals surface area contributed by atoms with Crippen LogP contribution >= 0.6 is 0 Å². The van der Waals surface area contributed by atoms with Gasteiger partial charge in [-0.1, -0.05) is 47.6 Å². The summed E-state index contributed by atoms with van der Waals surface area (Å²) in [6.45, 7) is 12.5. The first-order valence-corrected chi connectivity index (χ1v) is 6.35. The van der Waals surface area contributed by atoms with Crippen LogP contribution in [0.25, 0.3) is 0 Å². The summed E-state index contributed by atoms with van der Waals surface area (Å²) in [5.41, 5.74) is 8.48. The molecular weight excluding hydrogens is 196 g/mol. The molecule has 2 N–H and O–H groups in total. The third-order valence-corrected chi connectivity index (χ3v) is 2.71. The molecule has 0 saturated heterocycles. The molecule has 0 atom stereocenters. The van der Waals surface area contributed by atoms with Crippen molar-refractivity contribution in [3.05, 3.63) is 23.4 Å². The number of anilines is 1. The summed E-state index contributed by atoms with van der Waals surface area (Å²) in [6.07, 6.45) is 2.27. The summed E-state index contributed by atoms with van der Waals surface area (Å²) in [4.78, 5) is 4.33. The fourth-order valence-electron chi connectivity index (χ4n) is 1.89. The SMILES string of the molecule is CC.CC.CC1(C)CCc2nc(N)ccc21. The van der Waals surface area contributed by atoms with Crippen LogP contribution < -0.4 is 5.73 Å². The normalized spacial score (nSPS) is 15.1. The highest BCUT2D eigenvalue weighted by Gasteiger charge is 2.30. The lowest BCUT2D eigenvalue weighted by atomic mass is 9.87. The summed E-state index contributed by atoms with van der Waals surface area (Å²) in [5.74, 6) is 0.645. The Bertz CT molecular complexity index is 317. The Hall–Kier alpha value is -1.05. The molecule has 0 saturated carbocycles. The van der Waals surface area contributed by atoms with Crippen molar-refractivity contribution in [3.63, 3.8) is 0 Å². The minimum Gasteiger partial charge on any atom is -0.384 e. The Balaban J connectivity index is 0.000000509. The Morgan fingerprint density at radius 1 is 1.12 bits per heavy atom. The summed E-state index contributed by atoms with van der Waals surface area (Å²) >= 11 is 0. The number of nitrogens with zero attached hydrogens (tertiary/aromatic N) is 1. The van der Waals surface area contributed by atoms with Crippen molar-refractivity contribution in [2.24, 2.45) is 0 Å². The van der Waals surface area contributed by atoms with E-state index in [9.17, 15) is 0 Å². The van der Waals surface area contributed by atoms with Crippen LogP contribution in [0.1, 0.15) is 59.2 Å². The van der Waals surface area contributed by atoms with Gasteiger partial charge in [-0.3, -0.25) is 0 Å². The molecule has 1 aliphatic rings. The fourth-order valence-corrected chi connectivity index (χ4v) is 1.89. The molecule has 0 aliphatic heterocycles. The van der Waals surface area contributed by atoms with Crippen molar-refractivity contribution in [1.29, 1.82) is 0 Å². The molecule has 1 heterocycles. The lowest BCUT2D eigenvalue weighted by molar-refractivity contribution is 0.522. The van der Waals surface area contributed by atoms with Gasteiger partial charge in [0.05, 0.1) is 0 Å². The molecule has 2 heteroatoms. The second kappa shape index (κ2) is 6.51. The minimum atomic E-state index is 0.302. The predicted molar refractivity (Wildman–Crippen MR) is 72.7 cm³/mol. The van der Waals surface area contributed by atoms with Crippen LogP contribution in [0.5, 0.6) is 0 Å². The van der Waals surface area contributed by atoms with E-state index in [1.807, 2.05) is 33.8 Å². The van der Waals surface area contributed by atoms with E-state index in [0.29, 0.717) is 11.2 Å². The highest BCUT2D eigenvalue weighted by atomic mass is 14.8. The van der Waals surface area contributed by atoms with E-state index in [0.717, 1.165) is 6.42 Å². The van der Waals surface area contributed by atoms with E-state index < -0.39 is 0 Å². The summed E-state index contributed by atoms with van der Waals surface area (Å²) in [7, 11) is 0. The molecule has 0 amide bonds. The van der Waals surface area contributed by atoms with Crippen LogP contribution in [0.2, 0.25) is 0 Å². The van der Waals surface area contributed by atoms with Crippen molar-refractivity contribution in [2.75, 3.05) is 5.73 Å². The third kappa shape index (κ3) is 3.22. The zero-order valence-electron chi connectivity index (χ0n) is 11.6. The first-order chi connectivity index (χ1) is 7.59. The fraction of sp³-hybridized carbons (Fsp3) is 0.643. The number of fused-ring (bicyclic) bond motifs is 1. The Kier molecular flexibility index (Phi) is 6.09. The van der Waals surface area contributed by atoms with E-state index >= 15 is 0 Å². The maximum Gasteiger partial charge on any atom is 0.123 e. The average Bonchev–Trinajstić information content (AvgIpc) is 2.60. The molecule has 0 radical (unpaired) electrons. The number of rotatable bonds is 0. The monoisotopic (exact) mass is 222 g/mol. The highest BCUT2D eigenvalue weighted by Crippen LogP contribution is 2.37. The number of pyridine rings is 1. The molecule has 1 aliphatic carbocycles.